The molecule has 2 aromatic rings. The Labute approximate surface area is 183 Å². The summed E-state index contributed by atoms with van der Waals surface area (Å²) in [7, 11) is 5.47. The molecule has 0 aliphatic carbocycles. The summed E-state index contributed by atoms with van der Waals surface area (Å²) in [5.74, 6) is 1.26. The second-order valence-corrected chi connectivity index (χ2v) is 7.15. The van der Waals surface area contributed by atoms with Gasteiger partial charge in [0.15, 0.2) is 5.96 Å². The molecule has 3 rings (SSSR count). The maximum atomic E-state index is 12.0. The molecule has 0 radical (unpaired) electrons. The molecule has 1 aromatic heterocycles. The number of hydrogen-bond acceptors (Lipinski definition) is 3. The molecule has 8 heteroatoms. The van der Waals surface area contributed by atoms with Crippen LogP contribution in [0.4, 0.5) is 0 Å². The summed E-state index contributed by atoms with van der Waals surface area (Å²) < 4.78 is 1.84. The average Bonchev–Trinajstić information content (AvgIpc) is 3.31. The fourth-order valence-corrected chi connectivity index (χ4v) is 3.21. The van der Waals surface area contributed by atoms with Crippen molar-refractivity contribution >= 4 is 35.8 Å². The molecule has 152 valence electrons. The zero-order valence-corrected chi connectivity index (χ0v) is 19.0. The zero-order valence-electron chi connectivity index (χ0n) is 16.7. The number of nitrogens with zero attached hydrogens (tertiary/aromatic N) is 5. The van der Waals surface area contributed by atoms with Crippen LogP contribution < -0.4 is 5.32 Å². The van der Waals surface area contributed by atoms with Gasteiger partial charge in [0.1, 0.15) is 0 Å². The summed E-state index contributed by atoms with van der Waals surface area (Å²) in [6, 6.07) is 10.2. The van der Waals surface area contributed by atoms with E-state index in [-0.39, 0.29) is 36.4 Å². The lowest BCUT2D eigenvalue weighted by atomic mass is 10.0. The first-order chi connectivity index (χ1) is 13.0. The molecule has 1 aliphatic rings. The standard InChI is InChI=1S/C20H28N6O.HI/c1-24(2)19(27)13-22-20(21-11-16-7-5-4-6-8-16)26-10-9-17(15-26)18-12-23-25(3)14-18;/h4-8,12,14,17H,9-11,13,15H2,1-3H3,(H,21,22);1H. The molecule has 0 spiro atoms. The van der Waals surface area contributed by atoms with Gasteiger partial charge in [-0.3, -0.25) is 9.48 Å². The molecule has 1 atom stereocenters. The Kier molecular flexibility index (Phi) is 8.28. The van der Waals surface area contributed by atoms with Crippen LogP contribution in [0.15, 0.2) is 47.7 Å². The van der Waals surface area contributed by atoms with Crippen LogP contribution in [0.1, 0.15) is 23.5 Å². The molecule has 28 heavy (non-hydrogen) atoms. The molecular formula is C20H29IN6O. The lowest BCUT2D eigenvalue weighted by Gasteiger charge is -2.22. The van der Waals surface area contributed by atoms with Crippen LogP contribution in [-0.4, -0.2) is 65.2 Å². The van der Waals surface area contributed by atoms with Gasteiger partial charge in [-0.05, 0) is 17.5 Å². The van der Waals surface area contributed by atoms with Crippen molar-refractivity contribution in [1.29, 1.82) is 0 Å². The first kappa shape index (κ1) is 22.2. The Hall–Kier alpha value is -2.10. The summed E-state index contributed by atoms with van der Waals surface area (Å²) in [6.07, 6.45) is 5.08. The molecule has 1 saturated heterocycles. The van der Waals surface area contributed by atoms with Gasteiger partial charge < -0.3 is 15.1 Å². The van der Waals surface area contributed by atoms with E-state index < -0.39 is 0 Å². The molecule has 1 N–H and O–H groups in total. The minimum absolute atomic E-state index is 0. The van der Waals surface area contributed by atoms with Crippen molar-refractivity contribution in [2.45, 2.75) is 18.9 Å². The van der Waals surface area contributed by atoms with Gasteiger partial charge in [-0.25, -0.2) is 4.99 Å². The predicted octanol–water partition coefficient (Wildman–Crippen LogP) is 2.06. The maximum absolute atomic E-state index is 12.0. The van der Waals surface area contributed by atoms with Crippen molar-refractivity contribution in [3.63, 3.8) is 0 Å². The number of guanidine groups is 1. The third-order valence-corrected chi connectivity index (χ3v) is 4.83. The third kappa shape index (κ3) is 5.95. The number of amides is 1. The molecule has 7 nitrogen and oxygen atoms in total. The van der Waals surface area contributed by atoms with E-state index in [9.17, 15) is 4.79 Å². The SMILES string of the molecule is CN(C)C(=O)CNC(=NCc1ccccc1)N1CCC(c2cnn(C)c2)C1.I. The quantitative estimate of drug-likeness (QED) is 0.391. The van der Waals surface area contributed by atoms with Gasteiger partial charge in [0.05, 0.1) is 19.3 Å². The molecule has 1 amide bonds. The monoisotopic (exact) mass is 496 g/mol. The molecule has 0 saturated carbocycles. The Morgan fingerprint density at radius 2 is 2.07 bits per heavy atom. The molecule has 0 bridgehead atoms. The third-order valence-electron chi connectivity index (χ3n) is 4.83. The number of carbonyl (C=O) groups excluding carboxylic acids is 1. The molecule has 1 fully saturated rings. The van der Waals surface area contributed by atoms with Crippen LogP contribution in [0.3, 0.4) is 0 Å². The van der Waals surface area contributed by atoms with Crippen LogP contribution >= 0.6 is 24.0 Å². The fraction of sp³-hybridized carbons (Fsp3) is 0.450. The molecule has 1 unspecified atom stereocenters. The van der Waals surface area contributed by atoms with E-state index in [1.54, 1.807) is 19.0 Å². The van der Waals surface area contributed by atoms with Crippen molar-refractivity contribution in [3.8, 4) is 0 Å². The van der Waals surface area contributed by atoms with Gasteiger partial charge >= 0.3 is 0 Å². The summed E-state index contributed by atoms with van der Waals surface area (Å²) in [6.45, 7) is 2.63. The highest BCUT2D eigenvalue weighted by Gasteiger charge is 2.27. The first-order valence-electron chi connectivity index (χ1n) is 9.29. The Morgan fingerprint density at radius 1 is 1.32 bits per heavy atom. The van der Waals surface area contributed by atoms with E-state index in [0.29, 0.717) is 12.5 Å². The average molecular weight is 496 g/mol. The maximum Gasteiger partial charge on any atom is 0.241 e. The van der Waals surface area contributed by atoms with Gasteiger partial charge in [0.2, 0.25) is 5.91 Å². The zero-order chi connectivity index (χ0) is 19.2. The minimum Gasteiger partial charge on any atom is -0.347 e. The number of aromatic nitrogens is 2. The minimum atomic E-state index is 0. The predicted molar refractivity (Wildman–Crippen MR) is 122 cm³/mol. The second kappa shape index (κ2) is 10.4. The van der Waals surface area contributed by atoms with Crippen LogP contribution in [-0.2, 0) is 18.4 Å². The number of halogens is 1. The number of aryl methyl sites for hydroxylation is 1. The van der Waals surface area contributed by atoms with Gasteiger partial charge in [0.25, 0.3) is 0 Å². The highest BCUT2D eigenvalue weighted by atomic mass is 127. The van der Waals surface area contributed by atoms with E-state index >= 15 is 0 Å². The van der Waals surface area contributed by atoms with E-state index in [1.165, 1.54) is 5.56 Å². The summed E-state index contributed by atoms with van der Waals surface area (Å²) in [5, 5.41) is 7.54. The summed E-state index contributed by atoms with van der Waals surface area (Å²) in [5.41, 5.74) is 2.41. The van der Waals surface area contributed by atoms with Gasteiger partial charge in [-0.2, -0.15) is 5.10 Å². The van der Waals surface area contributed by atoms with E-state index in [0.717, 1.165) is 31.0 Å². The summed E-state index contributed by atoms with van der Waals surface area (Å²) >= 11 is 0. The van der Waals surface area contributed by atoms with Crippen LogP contribution in [0, 0.1) is 0 Å². The van der Waals surface area contributed by atoms with E-state index in [4.69, 9.17) is 4.99 Å². The normalized spacial score (nSPS) is 16.6. The first-order valence-corrected chi connectivity index (χ1v) is 9.29. The number of likely N-dealkylation sites (tertiary alicyclic amines) is 1. The number of nitrogens with one attached hydrogen (secondary N) is 1. The fourth-order valence-electron chi connectivity index (χ4n) is 3.21. The number of benzene rings is 1. The Morgan fingerprint density at radius 3 is 2.71 bits per heavy atom. The molecule has 1 aromatic carbocycles. The van der Waals surface area contributed by atoms with E-state index in [2.05, 4.69) is 33.6 Å². The second-order valence-electron chi connectivity index (χ2n) is 7.15. The smallest absolute Gasteiger partial charge is 0.241 e. The van der Waals surface area contributed by atoms with Crippen LogP contribution in [0.5, 0.6) is 0 Å². The lowest BCUT2D eigenvalue weighted by molar-refractivity contribution is -0.127. The number of likely N-dealkylation sites (N-methyl/N-ethyl adjacent to an activating group) is 1. The largest absolute Gasteiger partial charge is 0.347 e. The molecular weight excluding hydrogens is 467 g/mol. The number of rotatable bonds is 5. The van der Waals surface area contributed by atoms with Crippen molar-refractivity contribution in [2.24, 2.45) is 12.0 Å². The Balaban J connectivity index is 0.00000280. The number of carbonyl (C=O) groups is 1. The van der Waals surface area contributed by atoms with Crippen LogP contribution in [0.2, 0.25) is 0 Å². The molecule has 1 aliphatic heterocycles. The Bertz CT molecular complexity index is 789. The lowest BCUT2D eigenvalue weighted by Crippen LogP contribution is -2.44. The molecule has 2 heterocycles. The summed E-state index contributed by atoms with van der Waals surface area (Å²) in [4.78, 5) is 20.6. The number of aliphatic imine (C=N–C) groups is 1. The van der Waals surface area contributed by atoms with E-state index in [1.807, 2.05) is 36.1 Å². The highest BCUT2D eigenvalue weighted by molar-refractivity contribution is 14.0. The number of hydrogen-bond donors (Lipinski definition) is 1. The van der Waals surface area contributed by atoms with Crippen molar-refractivity contribution in [3.05, 3.63) is 53.9 Å². The van der Waals surface area contributed by atoms with Crippen LogP contribution in [0.25, 0.3) is 0 Å². The topological polar surface area (TPSA) is 65.8 Å². The van der Waals surface area contributed by atoms with Crippen molar-refractivity contribution in [2.75, 3.05) is 33.7 Å². The van der Waals surface area contributed by atoms with Crippen molar-refractivity contribution in [1.82, 2.24) is 24.9 Å². The van der Waals surface area contributed by atoms with Gasteiger partial charge in [-0.15, -0.1) is 24.0 Å². The van der Waals surface area contributed by atoms with Crippen molar-refractivity contribution < 1.29 is 4.79 Å². The van der Waals surface area contributed by atoms with Gasteiger partial charge in [0, 0.05) is 46.3 Å². The van der Waals surface area contributed by atoms with Gasteiger partial charge in [-0.1, -0.05) is 30.3 Å². The highest BCUT2D eigenvalue weighted by Crippen LogP contribution is 2.26.